The molecule has 0 aliphatic rings. The third kappa shape index (κ3) is 5.77. The standard InChI is InChI=1S/C14H23N3O/c1-2-5-12(9-10-15)7-8-14(18)17-13-6-3-4-11-16-13/h3-4,6,11-12H,2,5,7-10,15H2,1H3,(H,16,17,18). The van der Waals surface area contributed by atoms with Crippen LogP contribution in [-0.4, -0.2) is 17.4 Å². The van der Waals surface area contributed by atoms with Gasteiger partial charge in [0.25, 0.3) is 0 Å². The molecule has 0 saturated carbocycles. The molecular weight excluding hydrogens is 226 g/mol. The average molecular weight is 249 g/mol. The summed E-state index contributed by atoms with van der Waals surface area (Å²) in [7, 11) is 0. The molecular formula is C14H23N3O. The van der Waals surface area contributed by atoms with E-state index in [4.69, 9.17) is 5.73 Å². The summed E-state index contributed by atoms with van der Waals surface area (Å²) in [4.78, 5) is 15.8. The summed E-state index contributed by atoms with van der Waals surface area (Å²) >= 11 is 0. The van der Waals surface area contributed by atoms with E-state index in [1.807, 2.05) is 12.1 Å². The summed E-state index contributed by atoms with van der Waals surface area (Å²) < 4.78 is 0. The van der Waals surface area contributed by atoms with E-state index < -0.39 is 0 Å². The van der Waals surface area contributed by atoms with E-state index in [2.05, 4.69) is 17.2 Å². The Balaban J connectivity index is 2.31. The van der Waals surface area contributed by atoms with Gasteiger partial charge in [-0.1, -0.05) is 25.8 Å². The first-order valence-electron chi connectivity index (χ1n) is 6.67. The highest BCUT2D eigenvalue weighted by Crippen LogP contribution is 2.17. The van der Waals surface area contributed by atoms with Crippen LogP contribution in [0.5, 0.6) is 0 Å². The molecule has 1 aromatic heterocycles. The molecule has 3 N–H and O–H groups in total. The van der Waals surface area contributed by atoms with E-state index in [1.54, 1.807) is 12.3 Å². The average Bonchev–Trinajstić information content (AvgIpc) is 2.38. The van der Waals surface area contributed by atoms with Crippen molar-refractivity contribution >= 4 is 11.7 Å². The van der Waals surface area contributed by atoms with Crippen LogP contribution < -0.4 is 11.1 Å². The quantitative estimate of drug-likeness (QED) is 0.744. The zero-order valence-electron chi connectivity index (χ0n) is 11.1. The molecule has 0 radical (unpaired) electrons. The van der Waals surface area contributed by atoms with E-state index in [1.165, 1.54) is 0 Å². The maximum atomic E-state index is 11.7. The Morgan fingerprint density at radius 1 is 1.39 bits per heavy atom. The summed E-state index contributed by atoms with van der Waals surface area (Å²) in [6.45, 7) is 2.87. The fourth-order valence-electron chi connectivity index (χ4n) is 2.05. The molecule has 0 aliphatic carbocycles. The topological polar surface area (TPSA) is 68.0 Å². The highest BCUT2D eigenvalue weighted by Gasteiger charge is 2.10. The molecule has 0 spiro atoms. The Morgan fingerprint density at radius 2 is 2.22 bits per heavy atom. The summed E-state index contributed by atoms with van der Waals surface area (Å²) in [5.41, 5.74) is 5.58. The molecule has 0 fully saturated rings. The second-order valence-corrected chi connectivity index (χ2v) is 4.53. The molecule has 100 valence electrons. The number of carbonyl (C=O) groups excluding carboxylic acids is 1. The van der Waals surface area contributed by atoms with Crippen molar-refractivity contribution in [2.45, 2.75) is 39.0 Å². The van der Waals surface area contributed by atoms with Gasteiger partial charge in [-0.15, -0.1) is 0 Å². The molecule has 4 heteroatoms. The molecule has 1 unspecified atom stereocenters. The second kappa shape index (κ2) is 8.64. The Labute approximate surface area is 109 Å². The van der Waals surface area contributed by atoms with E-state index in [0.29, 0.717) is 24.7 Å². The van der Waals surface area contributed by atoms with Crippen LogP contribution in [0.25, 0.3) is 0 Å². The number of rotatable bonds is 8. The number of hydrogen-bond acceptors (Lipinski definition) is 3. The molecule has 0 aromatic carbocycles. The number of nitrogens with zero attached hydrogens (tertiary/aromatic N) is 1. The molecule has 0 saturated heterocycles. The van der Waals surface area contributed by atoms with Gasteiger partial charge in [0.15, 0.2) is 0 Å². The summed E-state index contributed by atoms with van der Waals surface area (Å²) in [6.07, 6.45) is 6.42. The number of nitrogens with one attached hydrogen (secondary N) is 1. The zero-order chi connectivity index (χ0) is 13.2. The molecule has 18 heavy (non-hydrogen) atoms. The van der Waals surface area contributed by atoms with Gasteiger partial charge in [0.2, 0.25) is 5.91 Å². The van der Waals surface area contributed by atoms with Gasteiger partial charge in [0.1, 0.15) is 5.82 Å². The van der Waals surface area contributed by atoms with E-state index >= 15 is 0 Å². The lowest BCUT2D eigenvalue weighted by Crippen LogP contribution is -2.15. The van der Waals surface area contributed by atoms with Crippen LogP contribution in [0.2, 0.25) is 0 Å². The van der Waals surface area contributed by atoms with Crippen molar-refractivity contribution in [3.05, 3.63) is 24.4 Å². The molecule has 1 rings (SSSR count). The van der Waals surface area contributed by atoms with Gasteiger partial charge in [-0.2, -0.15) is 0 Å². The van der Waals surface area contributed by atoms with Crippen molar-refractivity contribution in [3.8, 4) is 0 Å². The summed E-state index contributed by atoms with van der Waals surface area (Å²) in [5.74, 6) is 1.22. The number of anilines is 1. The maximum Gasteiger partial charge on any atom is 0.225 e. The molecule has 0 bridgehead atoms. The zero-order valence-corrected chi connectivity index (χ0v) is 11.1. The Bertz CT molecular complexity index is 334. The smallest absolute Gasteiger partial charge is 0.225 e. The Hall–Kier alpha value is -1.42. The summed E-state index contributed by atoms with van der Waals surface area (Å²) in [6, 6.07) is 5.48. The van der Waals surface area contributed by atoms with Gasteiger partial charge in [0.05, 0.1) is 0 Å². The predicted octanol–water partition coefficient (Wildman–Crippen LogP) is 2.57. The minimum absolute atomic E-state index is 0.0341. The van der Waals surface area contributed by atoms with E-state index in [-0.39, 0.29) is 5.91 Å². The predicted molar refractivity (Wildman–Crippen MR) is 74.2 cm³/mol. The fraction of sp³-hybridized carbons (Fsp3) is 0.571. The van der Waals surface area contributed by atoms with Crippen molar-refractivity contribution in [1.82, 2.24) is 4.98 Å². The number of amides is 1. The Morgan fingerprint density at radius 3 is 2.83 bits per heavy atom. The lowest BCUT2D eigenvalue weighted by Gasteiger charge is -2.14. The van der Waals surface area contributed by atoms with Crippen LogP contribution in [0, 0.1) is 5.92 Å². The van der Waals surface area contributed by atoms with Crippen LogP contribution in [-0.2, 0) is 4.79 Å². The van der Waals surface area contributed by atoms with E-state index in [0.717, 1.165) is 25.7 Å². The number of hydrogen-bond donors (Lipinski definition) is 2. The number of aromatic nitrogens is 1. The number of carbonyl (C=O) groups is 1. The van der Waals surface area contributed by atoms with Gasteiger partial charge in [-0.25, -0.2) is 4.98 Å². The minimum Gasteiger partial charge on any atom is -0.330 e. The van der Waals surface area contributed by atoms with Crippen LogP contribution in [0.4, 0.5) is 5.82 Å². The highest BCUT2D eigenvalue weighted by atomic mass is 16.1. The molecule has 1 aromatic rings. The van der Waals surface area contributed by atoms with Gasteiger partial charge < -0.3 is 11.1 Å². The van der Waals surface area contributed by atoms with Crippen LogP contribution >= 0.6 is 0 Å². The van der Waals surface area contributed by atoms with Crippen LogP contribution in [0.3, 0.4) is 0 Å². The largest absolute Gasteiger partial charge is 0.330 e. The third-order valence-electron chi connectivity index (χ3n) is 2.98. The first-order chi connectivity index (χ1) is 8.76. The van der Waals surface area contributed by atoms with Crippen molar-refractivity contribution in [2.75, 3.05) is 11.9 Å². The monoisotopic (exact) mass is 249 g/mol. The number of nitrogens with two attached hydrogens (primary N) is 1. The van der Waals surface area contributed by atoms with Crippen LogP contribution in [0.15, 0.2) is 24.4 Å². The second-order valence-electron chi connectivity index (χ2n) is 4.53. The third-order valence-corrected chi connectivity index (χ3v) is 2.98. The van der Waals surface area contributed by atoms with Crippen LogP contribution in [0.1, 0.15) is 39.0 Å². The number of pyridine rings is 1. The van der Waals surface area contributed by atoms with Gasteiger partial charge in [-0.05, 0) is 37.4 Å². The molecule has 0 aliphatic heterocycles. The van der Waals surface area contributed by atoms with Crippen molar-refractivity contribution in [2.24, 2.45) is 11.7 Å². The lowest BCUT2D eigenvalue weighted by atomic mass is 9.94. The first-order valence-corrected chi connectivity index (χ1v) is 6.67. The normalized spacial score (nSPS) is 12.1. The van der Waals surface area contributed by atoms with Crippen molar-refractivity contribution in [3.63, 3.8) is 0 Å². The summed E-state index contributed by atoms with van der Waals surface area (Å²) in [5, 5.41) is 2.80. The lowest BCUT2D eigenvalue weighted by molar-refractivity contribution is -0.116. The van der Waals surface area contributed by atoms with Gasteiger partial charge >= 0.3 is 0 Å². The minimum atomic E-state index is 0.0341. The van der Waals surface area contributed by atoms with Gasteiger partial charge in [-0.3, -0.25) is 4.79 Å². The van der Waals surface area contributed by atoms with E-state index in [9.17, 15) is 4.79 Å². The first kappa shape index (κ1) is 14.6. The molecule has 1 heterocycles. The Kier molecular flexibility index (Phi) is 7.03. The highest BCUT2D eigenvalue weighted by molar-refractivity contribution is 5.89. The maximum absolute atomic E-state index is 11.7. The SMILES string of the molecule is CCCC(CCN)CCC(=O)Nc1ccccn1. The molecule has 1 amide bonds. The fourth-order valence-corrected chi connectivity index (χ4v) is 2.05. The molecule has 4 nitrogen and oxygen atoms in total. The molecule has 1 atom stereocenters. The van der Waals surface area contributed by atoms with Crippen molar-refractivity contribution < 1.29 is 4.79 Å². The van der Waals surface area contributed by atoms with Gasteiger partial charge in [0, 0.05) is 12.6 Å². The van der Waals surface area contributed by atoms with Crippen molar-refractivity contribution in [1.29, 1.82) is 0 Å².